The molecule has 55 heavy (non-hydrogen) atoms. The molecule has 0 saturated heterocycles. The van der Waals surface area contributed by atoms with Crippen LogP contribution in [0.1, 0.15) is 65.3 Å². The zero-order valence-electron chi connectivity index (χ0n) is 46.6. The van der Waals surface area contributed by atoms with E-state index < -0.39 is 131 Å². The Morgan fingerprint density at radius 2 is 1.40 bits per heavy atom. The lowest BCUT2D eigenvalue weighted by Crippen LogP contribution is -2.19. The molecule has 3 aliphatic carbocycles. The van der Waals surface area contributed by atoms with Crippen LogP contribution in [0.5, 0.6) is 0 Å². The summed E-state index contributed by atoms with van der Waals surface area (Å²) in [4.78, 5) is 1.66. The molecule has 0 bridgehead atoms. The Morgan fingerprint density at radius 1 is 0.636 bits per heavy atom. The molecule has 2 unspecified atom stereocenters. The van der Waals surface area contributed by atoms with Crippen LogP contribution >= 0.6 is 11.3 Å². The molecular formula is C53H39NS. The second kappa shape index (κ2) is 12.4. The average Bonchev–Trinajstić information content (AvgIpc) is 3.88. The van der Waals surface area contributed by atoms with Gasteiger partial charge in [0.05, 0.1) is 23.3 Å². The van der Waals surface area contributed by atoms with Crippen molar-refractivity contribution in [3.05, 3.63) is 216 Å². The van der Waals surface area contributed by atoms with Crippen LogP contribution in [-0.2, 0) is 5.41 Å². The summed E-state index contributed by atoms with van der Waals surface area (Å²) in [6.07, 6.45) is 0. The van der Waals surface area contributed by atoms with Gasteiger partial charge in [-0.2, -0.15) is 0 Å². The highest BCUT2D eigenvalue weighted by Gasteiger charge is 2.36. The quantitative estimate of drug-likeness (QED) is 0.170. The first kappa shape index (κ1) is 19.4. The van der Waals surface area contributed by atoms with E-state index in [2.05, 4.69) is 26.0 Å². The first-order valence-corrected chi connectivity index (χ1v) is 18.8. The summed E-state index contributed by atoms with van der Waals surface area (Å²) in [6.45, 7) is 4.23. The number of benzene rings is 7. The maximum atomic E-state index is 9.94. The van der Waals surface area contributed by atoms with Crippen molar-refractivity contribution in [2.45, 2.75) is 25.2 Å². The number of thiophene rings is 1. The highest BCUT2D eigenvalue weighted by molar-refractivity contribution is 7.26. The lowest BCUT2D eigenvalue weighted by atomic mass is 9.70. The average molecular weight is 739 g/mol. The SMILES string of the molecule is [2H]C1=C([2H])C2=C([2H])C([2H])=C(c3c([2H])c([2H])c(N(c4ccc5c(c4)C(C)(C)c4ccccc4-5)c4ccc5ccccc5c4)c([2H])c3[2H])C(c3c([2H])c([2H])c([2H])c4c3sc3c([2H])c([2H])c([2H])c([2H])c34)C2C([2H])=C1[2H]. The molecule has 0 fully saturated rings. The molecule has 8 aromatic rings. The van der Waals surface area contributed by atoms with Crippen molar-refractivity contribution < 1.29 is 23.3 Å². The van der Waals surface area contributed by atoms with E-state index in [0.29, 0.717) is 11.4 Å². The number of rotatable bonds is 5. The largest absolute Gasteiger partial charge is 0.310 e. The molecule has 0 spiro atoms. The van der Waals surface area contributed by atoms with E-state index in [-0.39, 0.29) is 37.0 Å². The second-order valence-electron chi connectivity index (χ2n) is 14.3. The van der Waals surface area contributed by atoms with Crippen molar-refractivity contribution in [2.75, 3.05) is 4.90 Å². The smallest absolute Gasteiger partial charge is 0.0645 e. The van der Waals surface area contributed by atoms with Gasteiger partial charge in [0.25, 0.3) is 0 Å². The van der Waals surface area contributed by atoms with Crippen LogP contribution in [0.4, 0.5) is 17.1 Å². The van der Waals surface area contributed by atoms with Gasteiger partial charge in [0.2, 0.25) is 0 Å². The summed E-state index contributed by atoms with van der Waals surface area (Å²) in [5.41, 5.74) is 3.05. The fraction of sp³-hybridized carbons (Fsp3) is 0.0943. The van der Waals surface area contributed by atoms with Crippen LogP contribution in [0, 0.1) is 5.92 Å². The molecule has 0 amide bonds. The monoisotopic (exact) mass is 738 g/mol. The Hall–Kier alpha value is -6.22. The van der Waals surface area contributed by atoms with E-state index in [4.69, 9.17) is 12.3 Å². The van der Waals surface area contributed by atoms with E-state index in [1.54, 1.807) is 4.90 Å². The maximum Gasteiger partial charge on any atom is 0.0645 e. The Balaban J connectivity index is 1.22. The van der Waals surface area contributed by atoms with Crippen LogP contribution in [0.2, 0.25) is 0 Å². The number of fused-ring (bicyclic) bond motifs is 8. The molecule has 11 rings (SSSR count). The number of anilines is 3. The fourth-order valence-corrected chi connectivity index (χ4v) is 9.41. The zero-order valence-corrected chi connectivity index (χ0v) is 30.4. The van der Waals surface area contributed by atoms with E-state index in [1.165, 1.54) is 0 Å². The Labute approximate surface area is 350 Å². The summed E-state index contributed by atoms with van der Waals surface area (Å²) in [6, 6.07) is 16.5. The van der Waals surface area contributed by atoms with Crippen LogP contribution in [0.25, 0.3) is 47.6 Å². The van der Waals surface area contributed by atoms with Gasteiger partial charge in [0.1, 0.15) is 0 Å². The predicted molar refractivity (Wildman–Crippen MR) is 236 cm³/mol. The van der Waals surface area contributed by atoms with Gasteiger partial charge in [0.15, 0.2) is 0 Å². The fourth-order valence-electron chi connectivity index (χ4n) is 8.30. The van der Waals surface area contributed by atoms with E-state index in [0.717, 1.165) is 44.4 Å². The summed E-state index contributed by atoms with van der Waals surface area (Å²) in [5, 5.41) is 1.48. The molecule has 0 radical (unpaired) electrons. The molecule has 0 saturated carbocycles. The predicted octanol–water partition coefficient (Wildman–Crippen LogP) is 14.8. The van der Waals surface area contributed by atoms with Crippen LogP contribution < -0.4 is 4.90 Å². The molecule has 262 valence electrons. The van der Waals surface area contributed by atoms with Crippen LogP contribution in [-0.4, -0.2) is 0 Å². The molecule has 1 heterocycles. The minimum Gasteiger partial charge on any atom is -0.310 e. The summed E-state index contributed by atoms with van der Waals surface area (Å²) >= 11 is 0.770. The van der Waals surface area contributed by atoms with Gasteiger partial charge in [-0.25, -0.2) is 0 Å². The summed E-state index contributed by atoms with van der Waals surface area (Å²) < 4.78 is 157. The topological polar surface area (TPSA) is 3.24 Å². The summed E-state index contributed by atoms with van der Waals surface area (Å²) in [5.74, 6) is -3.37. The number of nitrogens with zero attached hydrogens (tertiary/aromatic N) is 1. The third kappa shape index (κ3) is 5.05. The third-order valence-electron chi connectivity index (χ3n) is 11.0. The van der Waals surface area contributed by atoms with Gasteiger partial charge >= 0.3 is 0 Å². The molecule has 2 heteroatoms. The maximum absolute atomic E-state index is 9.94. The standard InChI is InChI=1S/C53H39NS/c1-53(2)48-20-9-7-16-43(48)44-31-29-40(33-49(44)53)54(39-28-22-34-12-3-4-14-37(34)32-39)38-26-23-36(24-27-38)42-30-25-35-13-5-6-15-41(35)51(42)47-19-11-18-46-45-17-8-10-21-50(45)55-52(46)47/h3-33,41,51H,1-2H3/i5D,6D,8D,10D,11D,13D,15D,17D,18D,19D,21D,23D,24D,25D,26D,27D,30D. The van der Waals surface area contributed by atoms with Crippen molar-refractivity contribution in [2.24, 2.45) is 5.92 Å². The highest BCUT2D eigenvalue weighted by atomic mass is 32.1. The number of allylic oxidation sites excluding steroid dienone is 8. The Kier molecular flexibility index (Phi) is 4.38. The molecule has 2 atom stereocenters. The van der Waals surface area contributed by atoms with Gasteiger partial charge in [-0.05, 0) is 97.7 Å². The molecule has 0 N–H and O–H groups in total. The molecular weight excluding hydrogens is 683 g/mol. The van der Waals surface area contributed by atoms with Gasteiger partial charge in [-0.3, -0.25) is 0 Å². The van der Waals surface area contributed by atoms with Crippen molar-refractivity contribution in [3.8, 4) is 11.1 Å². The Bertz CT molecular complexity index is 3930. The van der Waals surface area contributed by atoms with Crippen molar-refractivity contribution >= 4 is 64.9 Å². The minimum absolute atomic E-state index is 0.0256. The third-order valence-corrected chi connectivity index (χ3v) is 12.1. The molecule has 0 aliphatic heterocycles. The lowest BCUT2D eigenvalue weighted by Gasteiger charge is -2.34. The Morgan fingerprint density at radius 3 is 2.31 bits per heavy atom. The number of hydrogen-bond acceptors (Lipinski definition) is 2. The first-order chi connectivity index (χ1) is 34.1. The van der Waals surface area contributed by atoms with Crippen molar-refractivity contribution in [1.29, 1.82) is 0 Å². The number of hydrogen-bond donors (Lipinski definition) is 0. The van der Waals surface area contributed by atoms with E-state index >= 15 is 0 Å². The molecule has 1 aromatic heterocycles. The zero-order chi connectivity index (χ0) is 51.5. The van der Waals surface area contributed by atoms with Crippen molar-refractivity contribution in [3.63, 3.8) is 0 Å². The highest BCUT2D eigenvalue weighted by Crippen LogP contribution is 2.52. The molecule has 1 nitrogen and oxygen atoms in total. The minimum atomic E-state index is -1.72. The molecule has 7 aromatic carbocycles. The molecule has 3 aliphatic rings. The van der Waals surface area contributed by atoms with Crippen molar-refractivity contribution in [1.82, 2.24) is 0 Å². The normalized spacial score (nSPS) is 23.3. The van der Waals surface area contributed by atoms with E-state index in [1.807, 2.05) is 72.8 Å². The summed E-state index contributed by atoms with van der Waals surface area (Å²) in [7, 11) is 0. The van der Waals surface area contributed by atoms with Gasteiger partial charge in [-0.15, -0.1) is 11.3 Å². The first-order valence-electron chi connectivity index (χ1n) is 26.4. The van der Waals surface area contributed by atoms with E-state index in [9.17, 15) is 11.0 Å². The van der Waals surface area contributed by atoms with Crippen LogP contribution in [0.3, 0.4) is 0 Å². The van der Waals surface area contributed by atoms with Gasteiger partial charge in [-0.1, -0.05) is 159 Å². The second-order valence-corrected chi connectivity index (χ2v) is 15.4. The lowest BCUT2D eigenvalue weighted by molar-refractivity contribution is 0.660. The van der Waals surface area contributed by atoms with Gasteiger partial charge in [0, 0.05) is 54.5 Å². The van der Waals surface area contributed by atoms with Gasteiger partial charge < -0.3 is 4.90 Å². The van der Waals surface area contributed by atoms with Crippen LogP contribution in [0.15, 0.2) is 193 Å².